The largest absolute Gasteiger partial charge is 0.378 e. The van der Waals surface area contributed by atoms with E-state index in [2.05, 4.69) is 54.4 Å². The van der Waals surface area contributed by atoms with Crippen molar-refractivity contribution in [2.75, 3.05) is 31.2 Å². The first kappa shape index (κ1) is 25.6. The predicted octanol–water partition coefficient (Wildman–Crippen LogP) is 4.92. The van der Waals surface area contributed by atoms with Gasteiger partial charge < -0.3 is 19.9 Å². The highest BCUT2D eigenvalue weighted by Crippen LogP contribution is 2.41. The zero-order valence-corrected chi connectivity index (χ0v) is 22.9. The summed E-state index contributed by atoms with van der Waals surface area (Å²) in [5.74, 6) is -0.191. The molecule has 0 saturated carbocycles. The van der Waals surface area contributed by atoms with Gasteiger partial charge in [-0.15, -0.1) is 0 Å². The molecule has 3 aliphatic rings. The van der Waals surface area contributed by atoms with E-state index in [0.717, 1.165) is 42.7 Å². The molecule has 2 heterocycles. The van der Waals surface area contributed by atoms with Gasteiger partial charge >= 0.3 is 0 Å². The molecule has 1 N–H and O–H groups in total. The van der Waals surface area contributed by atoms with Crippen LogP contribution in [0.2, 0.25) is 0 Å². The Morgan fingerprint density at radius 2 is 1.62 bits per heavy atom. The number of fused-ring (bicyclic) bond motifs is 2. The number of carbonyl (C=O) groups excluding carboxylic acids is 2. The molecule has 1 fully saturated rings. The van der Waals surface area contributed by atoms with E-state index in [-0.39, 0.29) is 23.3 Å². The Morgan fingerprint density at radius 1 is 0.897 bits per heavy atom. The lowest BCUT2D eigenvalue weighted by molar-refractivity contribution is -0.127. The van der Waals surface area contributed by atoms with Gasteiger partial charge in [0, 0.05) is 37.3 Å². The molecule has 0 aromatic heterocycles. The fraction of sp³-hybridized carbons (Fsp3) is 0.394. The Kier molecular flexibility index (Phi) is 6.90. The lowest BCUT2D eigenvalue weighted by atomic mass is 9.72. The fourth-order valence-electron chi connectivity index (χ4n) is 6.48. The summed E-state index contributed by atoms with van der Waals surface area (Å²) >= 11 is 0. The van der Waals surface area contributed by atoms with Crippen LogP contribution in [0.3, 0.4) is 0 Å². The number of amides is 2. The highest BCUT2D eigenvalue weighted by molar-refractivity contribution is 5.98. The van der Waals surface area contributed by atoms with E-state index in [9.17, 15) is 9.59 Å². The summed E-state index contributed by atoms with van der Waals surface area (Å²) < 4.78 is 5.50. The van der Waals surface area contributed by atoms with E-state index in [0.29, 0.717) is 31.7 Å². The van der Waals surface area contributed by atoms with Crippen molar-refractivity contribution in [3.05, 3.63) is 101 Å². The van der Waals surface area contributed by atoms with Crippen molar-refractivity contribution in [2.45, 2.75) is 51.7 Å². The lowest BCUT2D eigenvalue weighted by Crippen LogP contribution is -2.53. The van der Waals surface area contributed by atoms with Gasteiger partial charge in [0.2, 0.25) is 5.91 Å². The number of nitrogens with zero attached hydrogens (tertiary/aromatic N) is 2. The normalized spacial score (nSPS) is 22.0. The Bertz CT molecular complexity index is 1380. The van der Waals surface area contributed by atoms with E-state index in [1.165, 1.54) is 11.1 Å². The molecule has 3 aromatic carbocycles. The van der Waals surface area contributed by atoms with Gasteiger partial charge in [0.15, 0.2) is 0 Å². The lowest BCUT2D eigenvalue weighted by Gasteiger charge is -2.40. The number of benzene rings is 3. The minimum absolute atomic E-state index is 0.0729. The third kappa shape index (κ3) is 5.30. The smallest absolute Gasteiger partial charge is 0.254 e. The number of anilines is 1. The van der Waals surface area contributed by atoms with Crippen molar-refractivity contribution in [3.8, 4) is 0 Å². The highest BCUT2D eigenvalue weighted by Gasteiger charge is 2.38. The maximum Gasteiger partial charge on any atom is 0.254 e. The van der Waals surface area contributed by atoms with Crippen LogP contribution in [0.5, 0.6) is 0 Å². The number of nitrogens with one attached hydrogen (secondary N) is 1. The fourth-order valence-corrected chi connectivity index (χ4v) is 6.48. The molecular weight excluding hydrogens is 486 g/mol. The van der Waals surface area contributed by atoms with Gasteiger partial charge in [0.1, 0.15) is 6.04 Å². The van der Waals surface area contributed by atoms with Crippen molar-refractivity contribution in [1.29, 1.82) is 0 Å². The zero-order valence-electron chi connectivity index (χ0n) is 22.9. The number of carbonyl (C=O) groups is 2. The van der Waals surface area contributed by atoms with Crippen LogP contribution in [0.1, 0.15) is 58.9 Å². The van der Waals surface area contributed by atoms with Crippen LogP contribution >= 0.6 is 0 Å². The first-order valence-electron chi connectivity index (χ1n) is 14.1. The molecule has 1 saturated heterocycles. The first-order chi connectivity index (χ1) is 18.9. The molecule has 6 nitrogen and oxygen atoms in total. The average Bonchev–Trinajstić information content (AvgIpc) is 2.96. The predicted molar refractivity (Wildman–Crippen MR) is 153 cm³/mol. The van der Waals surface area contributed by atoms with Crippen molar-refractivity contribution in [3.63, 3.8) is 0 Å². The molecule has 0 radical (unpaired) electrons. The first-order valence-corrected chi connectivity index (χ1v) is 14.1. The summed E-state index contributed by atoms with van der Waals surface area (Å²) in [6.07, 6.45) is 2.37. The molecule has 1 aliphatic carbocycles. The second-order valence-corrected chi connectivity index (χ2v) is 11.9. The molecule has 2 unspecified atom stereocenters. The summed E-state index contributed by atoms with van der Waals surface area (Å²) in [5.41, 5.74) is 6.43. The van der Waals surface area contributed by atoms with E-state index >= 15 is 0 Å². The van der Waals surface area contributed by atoms with Crippen LogP contribution in [-0.2, 0) is 28.9 Å². The monoisotopic (exact) mass is 523 g/mol. The molecule has 0 spiro atoms. The van der Waals surface area contributed by atoms with Gasteiger partial charge in [0.25, 0.3) is 5.91 Å². The third-order valence-corrected chi connectivity index (χ3v) is 8.45. The van der Waals surface area contributed by atoms with E-state index in [1.54, 1.807) is 4.90 Å². The topological polar surface area (TPSA) is 61.9 Å². The summed E-state index contributed by atoms with van der Waals surface area (Å²) in [6.45, 7) is 7.92. The maximum absolute atomic E-state index is 14.1. The van der Waals surface area contributed by atoms with Crippen LogP contribution in [-0.4, -0.2) is 49.1 Å². The zero-order chi connectivity index (χ0) is 27.0. The molecule has 202 valence electrons. The molecule has 2 aliphatic heterocycles. The highest BCUT2D eigenvalue weighted by atomic mass is 16.5. The second-order valence-electron chi connectivity index (χ2n) is 11.9. The molecule has 6 rings (SSSR count). The minimum atomic E-state index is -0.573. The molecule has 2 amide bonds. The molecular formula is C33H37N3O3. The SMILES string of the molecule is CC1(C)Cc2ccccc2C(NC(=O)C2Cc3ccccc3CN2C(=O)c2cccc(N3CCOCC3)c2)C1. The van der Waals surface area contributed by atoms with E-state index < -0.39 is 6.04 Å². The van der Waals surface area contributed by atoms with Crippen LogP contribution in [0.4, 0.5) is 5.69 Å². The number of rotatable bonds is 4. The number of ether oxygens (including phenoxy) is 1. The average molecular weight is 524 g/mol. The minimum Gasteiger partial charge on any atom is -0.378 e. The Hall–Kier alpha value is -3.64. The van der Waals surface area contributed by atoms with Gasteiger partial charge in [-0.05, 0) is 58.7 Å². The molecule has 39 heavy (non-hydrogen) atoms. The van der Waals surface area contributed by atoms with Gasteiger partial charge in [-0.2, -0.15) is 0 Å². The van der Waals surface area contributed by atoms with Gasteiger partial charge in [-0.3, -0.25) is 9.59 Å². The van der Waals surface area contributed by atoms with Gasteiger partial charge in [-0.1, -0.05) is 68.4 Å². The number of hydrogen-bond acceptors (Lipinski definition) is 4. The molecule has 6 heteroatoms. The molecule has 0 bridgehead atoms. The molecule has 3 aromatic rings. The van der Waals surface area contributed by atoms with Crippen molar-refractivity contribution in [2.24, 2.45) is 5.41 Å². The maximum atomic E-state index is 14.1. The number of hydrogen-bond donors (Lipinski definition) is 1. The molecule has 2 atom stereocenters. The van der Waals surface area contributed by atoms with Crippen molar-refractivity contribution in [1.82, 2.24) is 10.2 Å². The van der Waals surface area contributed by atoms with Crippen LogP contribution in [0.25, 0.3) is 0 Å². The van der Waals surface area contributed by atoms with Crippen LogP contribution in [0.15, 0.2) is 72.8 Å². The van der Waals surface area contributed by atoms with Crippen molar-refractivity contribution >= 4 is 17.5 Å². The summed E-state index contributed by atoms with van der Waals surface area (Å²) in [6, 6.07) is 23.7. The quantitative estimate of drug-likeness (QED) is 0.527. The summed E-state index contributed by atoms with van der Waals surface area (Å²) in [7, 11) is 0. The number of morpholine rings is 1. The third-order valence-electron chi connectivity index (χ3n) is 8.45. The van der Waals surface area contributed by atoms with Gasteiger partial charge in [-0.25, -0.2) is 0 Å². The van der Waals surface area contributed by atoms with E-state index in [1.807, 2.05) is 42.5 Å². The standard InChI is InChI=1S/C33H37N3O3/c1-33(2)20-25-9-5-6-13-28(25)29(21-33)34-31(37)30-19-23-8-3-4-10-26(23)22-36(30)32(38)24-11-7-12-27(18-24)35-14-16-39-17-15-35/h3-13,18,29-30H,14-17,19-22H2,1-2H3,(H,34,37). The van der Waals surface area contributed by atoms with Crippen LogP contribution in [0, 0.1) is 5.41 Å². The summed E-state index contributed by atoms with van der Waals surface area (Å²) in [4.78, 5) is 32.1. The second kappa shape index (κ2) is 10.5. The Balaban J connectivity index is 1.29. The van der Waals surface area contributed by atoms with Gasteiger partial charge in [0.05, 0.1) is 19.3 Å². The Labute approximate surface area is 231 Å². The Morgan fingerprint density at radius 3 is 2.41 bits per heavy atom. The summed E-state index contributed by atoms with van der Waals surface area (Å²) in [5, 5.41) is 3.38. The van der Waals surface area contributed by atoms with E-state index in [4.69, 9.17) is 4.74 Å². The van der Waals surface area contributed by atoms with Crippen LogP contribution < -0.4 is 10.2 Å². The van der Waals surface area contributed by atoms with Crippen molar-refractivity contribution < 1.29 is 14.3 Å².